The number of thiocarbonyl (C=S) groups is 2. The highest BCUT2D eigenvalue weighted by atomic mass is 32.1. The second-order valence-corrected chi connectivity index (χ2v) is 7.74. The van der Waals surface area contributed by atoms with E-state index >= 15 is 0 Å². The summed E-state index contributed by atoms with van der Waals surface area (Å²) in [5, 5.41) is 0. The molecule has 0 aliphatic rings. The monoisotopic (exact) mass is 429 g/mol. The molecule has 0 saturated carbocycles. The van der Waals surface area contributed by atoms with Gasteiger partial charge in [0.15, 0.2) is 0 Å². The molecule has 0 rings (SSSR count). The Morgan fingerprint density at radius 1 is 0.880 bits per heavy atom. The lowest BCUT2D eigenvalue weighted by molar-refractivity contribution is -1.08. The standard InChI is InChI=1S/C14H25N3O4S4/c1-5-7-16(13(22)23,9-11(18)20-3)15-17(8-6-2,14(24)25)10-12(19)21-4/h15H,5-10H2,1-4H3/p+2. The van der Waals surface area contributed by atoms with Crippen molar-refractivity contribution in [3.63, 3.8) is 0 Å². The Labute approximate surface area is 170 Å². The summed E-state index contributed by atoms with van der Waals surface area (Å²) in [6, 6.07) is 0. The zero-order valence-corrected chi connectivity index (χ0v) is 18.4. The number of nitrogens with zero attached hydrogens (tertiary/aromatic N) is 2. The van der Waals surface area contributed by atoms with Gasteiger partial charge in [-0.1, -0.05) is 39.1 Å². The van der Waals surface area contributed by atoms with Gasteiger partial charge in [-0.05, 0) is 37.3 Å². The predicted octanol–water partition coefficient (Wildman–Crippen LogP) is 1.64. The number of rotatable bonds is 10. The van der Waals surface area contributed by atoms with Gasteiger partial charge in [0.05, 0.1) is 14.2 Å². The molecule has 0 aromatic carbocycles. The van der Waals surface area contributed by atoms with Gasteiger partial charge in [-0.25, -0.2) is 9.59 Å². The second kappa shape index (κ2) is 11.4. The lowest BCUT2D eigenvalue weighted by Gasteiger charge is -2.42. The fourth-order valence-electron chi connectivity index (χ4n) is 2.44. The van der Waals surface area contributed by atoms with Crippen LogP contribution >= 0.6 is 49.7 Å². The topological polar surface area (TPSA) is 64.6 Å². The van der Waals surface area contributed by atoms with E-state index in [4.69, 9.17) is 33.9 Å². The van der Waals surface area contributed by atoms with E-state index in [9.17, 15) is 9.59 Å². The molecule has 0 aromatic rings. The number of hydrogen-bond acceptors (Lipinski definition) is 7. The lowest BCUT2D eigenvalue weighted by atomic mass is 10.4. The van der Waals surface area contributed by atoms with Crippen LogP contribution in [0.15, 0.2) is 0 Å². The maximum atomic E-state index is 12.0. The van der Waals surface area contributed by atoms with Gasteiger partial charge >= 0.3 is 11.9 Å². The van der Waals surface area contributed by atoms with Crippen LogP contribution in [0.3, 0.4) is 0 Å². The number of methoxy groups -OCH3 is 2. The second-order valence-electron chi connectivity index (χ2n) is 5.52. The van der Waals surface area contributed by atoms with E-state index in [1.54, 1.807) is 0 Å². The molecule has 0 aliphatic carbocycles. The van der Waals surface area contributed by atoms with Gasteiger partial charge in [0.25, 0.3) is 8.64 Å². The number of hydrogen-bond donors (Lipinski definition) is 3. The number of ether oxygens (including phenoxy) is 2. The molecule has 0 fully saturated rings. The molecule has 0 amide bonds. The van der Waals surface area contributed by atoms with Crippen molar-refractivity contribution in [2.75, 3.05) is 40.4 Å². The zero-order chi connectivity index (χ0) is 19.7. The van der Waals surface area contributed by atoms with E-state index in [1.165, 1.54) is 14.2 Å². The Kier molecular flexibility index (Phi) is 11.3. The van der Waals surface area contributed by atoms with Gasteiger partial charge in [-0.3, -0.25) is 0 Å². The minimum absolute atomic E-state index is 0.0893. The van der Waals surface area contributed by atoms with Crippen molar-refractivity contribution in [3.05, 3.63) is 0 Å². The van der Waals surface area contributed by atoms with Gasteiger partial charge in [0.1, 0.15) is 13.1 Å². The third-order valence-electron chi connectivity index (χ3n) is 3.58. The lowest BCUT2D eigenvalue weighted by Crippen LogP contribution is -2.76. The fraction of sp³-hybridized carbons (Fsp3) is 0.714. The predicted molar refractivity (Wildman–Crippen MR) is 111 cm³/mol. The van der Waals surface area contributed by atoms with E-state index < -0.39 is 11.9 Å². The van der Waals surface area contributed by atoms with Crippen LogP contribution < -0.4 is 5.53 Å². The number of carbonyl (C=O) groups is 2. The van der Waals surface area contributed by atoms with Crippen LogP contribution in [-0.4, -0.2) is 70.2 Å². The molecule has 1 N–H and O–H groups in total. The average molecular weight is 430 g/mol. The van der Waals surface area contributed by atoms with E-state index in [1.807, 2.05) is 13.8 Å². The SMILES string of the molecule is CCC[N+](CC(=O)OC)(N[N+](CCC)(CC(=O)OC)C(=S)S)C(=S)S. The zero-order valence-electron chi connectivity index (χ0n) is 15.0. The van der Waals surface area contributed by atoms with Crippen LogP contribution in [0, 0.1) is 0 Å². The molecular weight excluding hydrogens is 402 g/mol. The summed E-state index contributed by atoms with van der Waals surface area (Å²) >= 11 is 19.3. The van der Waals surface area contributed by atoms with E-state index in [0.717, 1.165) is 0 Å². The van der Waals surface area contributed by atoms with Crippen molar-refractivity contribution in [2.45, 2.75) is 26.7 Å². The summed E-state index contributed by atoms with van der Waals surface area (Å²) in [6.07, 6.45) is 1.41. The molecule has 0 spiro atoms. The van der Waals surface area contributed by atoms with Crippen LogP contribution in [-0.2, 0) is 19.1 Å². The van der Waals surface area contributed by atoms with E-state index in [0.29, 0.717) is 25.9 Å². The molecule has 11 heteroatoms. The first-order valence-corrected chi connectivity index (χ1v) is 9.48. The molecule has 0 saturated heterocycles. The molecule has 144 valence electrons. The largest absolute Gasteiger partial charge is 0.465 e. The first-order valence-electron chi connectivity index (χ1n) is 7.77. The quantitative estimate of drug-likeness (QED) is 0.160. The van der Waals surface area contributed by atoms with Crippen molar-refractivity contribution in [1.29, 1.82) is 0 Å². The van der Waals surface area contributed by atoms with Gasteiger partial charge in [-0.2, -0.15) is 0 Å². The summed E-state index contributed by atoms with van der Waals surface area (Å²) in [5.74, 6) is -0.926. The summed E-state index contributed by atoms with van der Waals surface area (Å²) in [6.45, 7) is 4.64. The maximum absolute atomic E-state index is 12.0. The van der Waals surface area contributed by atoms with Gasteiger partial charge in [0.2, 0.25) is 13.1 Å². The molecule has 25 heavy (non-hydrogen) atoms. The van der Waals surface area contributed by atoms with Crippen LogP contribution in [0.2, 0.25) is 0 Å². The highest BCUT2D eigenvalue weighted by Crippen LogP contribution is 2.19. The summed E-state index contributed by atoms with van der Waals surface area (Å²) in [7, 11) is 2.60. The average Bonchev–Trinajstić information content (AvgIpc) is 2.54. The Bertz CT molecular complexity index is 476. The minimum Gasteiger partial charge on any atom is -0.465 e. The first-order chi connectivity index (χ1) is 11.6. The number of esters is 2. The van der Waals surface area contributed by atoms with Gasteiger partial charge < -0.3 is 9.47 Å². The van der Waals surface area contributed by atoms with Crippen molar-refractivity contribution in [3.8, 4) is 0 Å². The van der Waals surface area contributed by atoms with Crippen LogP contribution in [0.4, 0.5) is 0 Å². The first kappa shape index (κ1) is 24.7. The van der Waals surface area contributed by atoms with Crippen LogP contribution in [0.5, 0.6) is 0 Å². The highest BCUT2D eigenvalue weighted by Gasteiger charge is 2.47. The van der Waals surface area contributed by atoms with Crippen molar-refractivity contribution in [2.24, 2.45) is 0 Å². The Balaban J connectivity index is 6.08. The molecular formula is C14H27N3O4S4+2. The molecule has 0 aliphatic heterocycles. The Hall–Kier alpha value is -0.300. The number of thiol groups is 2. The fourth-order valence-corrected chi connectivity index (χ4v) is 3.26. The van der Waals surface area contributed by atoms with Crippen molar-refractivity contribution >= 4 is 70.3 Å². The Morgan fingerprint density at radius 3 is 1.40 bits per heavy atom. The molecule has 0 bridgehead atoms. The molecule has 0 aromatic heterocycles. The highest BCUT2D eigenvalue weighted by molar-refractivity contribution is 8.10. The molecule has 2 atom stereocenters. The van der Waals surface area contributed by atoms with Gasteiger partial charge in [-0.15, -0.1) is 9.18 Å². The third kappa shape index (κ3) is 7.08. The normalized spacial score (nSPS) is 15.6. The summed E-state index contributed by atoms with van der Waals surface area (Å²) in [5.41, 5.74) is 3.25. The molecule has 7 nitrogen and oxygen atoms in total. The summed E-state index contributed by atoms with van der Waals surface area (Å²) < 4.78 is 9.74. The number of quaternary nitrogens is 2. The van der Waals surface area contributed by atoms with Gasteiger partial charge in [0, 0.05) is 5.53 Å². The molecule has 2 unspecified atom stereocenters. The van der Waals surface area contributed by atoms with E-state index in [2.05, 4.69) is 30.8 Å². The third-order valence-corrected chi connectivity index (χ3v) is 5.04. The van der Waals surface area contributed by atoms with E-state index in [-0.39, 0.29) is 30.9 Å². The maximum Gasteiger partial charge on any atom is 0.364 e. The van der Waals surface area contributed by atoms with Crippen molar-refractivity contribution in [1.82, 2.24) is 5.53 Å². The molecule has 0 radical (unpaired) electrons. The number of carbonyl (C=O) groups excluding carboxylic acids is 2. The molecule has 0 heterocycles. The van der Waals surface area contributed by atoms with Crippen LogP contribution in [0.1, 0.15) is 26.7 Å². The van der Waals surface area contributed by atoms with Crippen molar-refractivity contribution < 1.29 is 28.2 Å². The number of nitrogens with one attached hydrogen (secondary N) is 1. The smallest absolute Gasteiger partial charge is 0.364 e. The Morgan fingerprint density at radius 2 is 1.20 bits per heavy atom. The summed E-state index contributed by atoms with van der Waals surface area (Å²) in [4.78, 5) is 24.0. The van der Waals surface area contributed by atoms with Crippen LogP contribution in [0.25, 0.3) is 0 Å². The minimum atomic E-state index is -0.463.